The summed E-state index contributed by atoms with van der Waals surface area (Å²) in [5.41, 5.74) is 8.86. The number of aryl methyl sites for hydroxylation is 1. The summed E-state index contributed by atoms with van der Waals surface area (Å²) in [5, 5.41) is 3.15. The fourth-order valence-corrected chi connectivity index (χ4v) is 3.97. The molecule has 0 spiro atoms. The van der Waals surface area contributed by atoms with Crippen LogP contribution in [-0.2, 0) is 17.8 Å². The van der Waals surface area contributed by atoms with Gasteiger partial charge in [0, 0.05) is 32.2 Å². The van der Waals surface area contributed by atoms with Gasteiger partial charge in [-0.25, -0.2) is 9.97 Å². The van der Waals surface area contributed by atoms with Crippen molar-refractivity contribution in [2.24, 2.45) is 5.73 Å². The number of anilines is 2. The number of amides is 1. The molecule has 3 N–H and O–H groups in total. The summed E-state index contributed by atoms with van der Waals surface area (Å²) in [6.45, 7) is 9.07. The van der Waals surface area contributed by atoms with Gasteiger partial charge in [0.25, 0.3) is 0 Å². The maximum atomic E-state index is 15.4. The molecule has 0 aliphatic carbocycles. The highest BCUT2D eigenvalue weighted by molar-refractivity contribution is 5.75. The normalized spacial score (nSPS) is 14.6. The smallest absolute Gasteiger partial charge is 0.231 e. The van der Waals surface area contributed by atoms with Crippen LogP contribution in [0.5, 0.6) is 0 Å². The molecule has 0 unspecified atom stereocenters. The van der Waals surface area contributed by atoms with Gasteiger partial charge in [-0.1, -0.05) is 42.8 Å². The maximum Gasteiger partial charge on any atom is 0.231 e. The Bertz CT molecular complexity index is 960. The van der Waals surface area contributed by atoms with E-state index in [0.29, 0.717) is 18.9 Å². The molecule has 0 fully saturated rings. The summed E-state index contributed by atoms with van der Waals surface area (Å²) in [6, 6.07) is 8.47. The Morgan fingerprint density at radius 3 is 2.61 bits per heavy atom. The second-order valence-electron chi connectivity index (χ2n) is 8.75. The topological polar surface area (TPSA) is 87.4 Å². The summed E-state index contributed by atoms with van der Waals surface area (Å²) < 4.78 is 15.4. The zero-order chi connectivity index (χ0) is 23.8. The Balaban J connectivity index is 1.68. The van der Waals surface area contributed by atoms with Gasteiger partial charge >= 0.3 is 0 Å². The number of hydrogen-bond donors (Lipinski definition) is 2. The van der Waals surface area contributed by atoms with Gasteiger partial charge in [-0.05, 0) is 44.2 Å². The number of hydrogen-bond acceptors (Lipinski definition) is 6. The Kier molecular flexibility index (Phi) is 8.77. The van der Waals surface area contributed by atoms with Crippen molar-refractivity contribution in [3.05, 3.63) is 59.2 Å². The van der Waals surface area contributed by atoms with Gasteiger partial charge in [0.05, 0.1) is 6.54 Å². The van der Waals surface area contributed by atoms with Crippen LogP contribution >= 0.6 is 0 Å². The standard InChI is InChI=1S/C25H35FN6O/c1-4-19-7-9-21(10-8-19)15-32(18(2)3)25-23(26)24(29-17-30-25)28-14-20-6-5-12-31(13-11-20)16-22(27)33/h6-10,17-18H,4-5,11-16H2,1-3H3,(H2,27,33)(H,28,29,30). The fraction of sp³-hybridized carbons (Fsp3) is 0.480. The van der Waals surface area contributed by atoms with Crippen LogP contribution in [0.25, 0.3) is 0 Å². The van der Waals surface area contributed by atoms with E-state index in [0.717, 1.165) is 37.9 Å². The minimum atomic E-state index is -0.444. The molecule has 33 heavy (non-hydrogen) atoms. The Morgan fingerprint density at radius 1 is 1.21 bits per heavy atom. The highest BCUT2D eigenvalue weighted by Crippen LogP contribution is 2.25. The fourth-order valence-electron chi connectivity index (χ4n) is 3.97. The second kappa shape index (κ2) is 11.7. The first-order valence-corrected chi connectivity index (χ1v) is 11.6. The molecule has 8 heteroatoms. The molecule has 1 aromatic carbocycles. The van der Waals surface area contributed by atoms with Crippen molar-refractivity contribution in [1.29, 1.82) is 0 Å². The lowest BCUT2D eigenvalue weighted by Gasteiger charge is -2.28. The van der Waals surface area contributed by atoms with Crippen molar-refractivity contribution < 1.29 is 9.18 Å². The molecule has 0 bridgehead atoms. The number of halogens is 1. The number of aromatic nitrogens is 2. The summed E-state index contributed by atoms with van der Waals surface area (Å²) in [5.74, 6) is -0.264. The Hall–Kier alpha value is -3.00. The predicted molar refractivity (Wildman–Crippen MR) is 131 cm³/mol. The minimum absolute atomic E-state index is 0.0638. The lowest BCUT2D eigenvalue weighted by Crippen LogP contribution is -2.34. The maximum absolute atomic E-state index is 15.4. The van der Waals surface area contributed by atoms with Crippen LogP contribution in [0.1, 0.15) is 44.7 Å². The van der Waals surface area contributed by atoms with Crippen molar-refractivity contribution in [1.82, 2.24) is 14.9 Å². The van der Waals surface area contributed by atoms with Gasteiger partial charge in [0.2, 0.25) is 11.7 Å². The highest BCUT2D eigenvalue weighted by Gasteiger charge is 2.21. The second-order valence-corrected chi connectivity index (χ2v) is 8.75. The first-order valence-electron chi connectivity index (χ1n) is 11.6. The van der Waals surface area contributed by atoms with Crippen LogP contribution in [0.2, 0.25) is 0 Å². The van der Waals surface area contributed by atoms with E-state index in [9.17, 15) is 4.79 Å². The summed E-state index contributed by atoms with van der Waals surface area (Å²) in [7, 11) is 0. The highest BCUT2D eigenvalue weighted by atomic mass is 19.1. The SMILES string of the molecule is CCc1ccc(CN(c2ncnc(NCC3=CCCN(CC(N)=O)CC3)c2F)C(C)C)cc1. The largest absolute Gasteiger partial charge is 0.369 e. The lowest BCUT2D eigenvalue weighted by atomic mass is 10.1. The third-order valence-corrected chi connectivity index (χ3v) is 5.94. The van der Waals surface area contributed by atoms with Gasteiger partial charge in [-0.15, -0.1) is 0 Å². The lowest BCUT2D eigenvalue weighted by molar-refractivity contribution is -0.119. The van der Waals surface area contributed by atoms with E-state index in [1.54, 1.807) is 0 Å². The first-order chi connectivity index (χ1) is 15.9. The van der Waals surface area contributed by atoms with Crippen molar-refractivity contribution >= 4 is 17.5 Å². The Morgan fingerprint density at radius 2 is 1.94 bits per heavy atom. The molecule has 178 valence electrons. The average molecular weight is 455 g/mol. The molecular formula is C25H35FN6O. The van der Waals surface area contributed by atoms with E-state index in [1.807, 2.05) is 23.6 Å². The zero-order valence-corrected chi connectivity index (χ0v) is 19.9. The van der Waals surface area contributed by atoms with Crippen molar-refractivity contribution in [2.75, 3.05) is 36.4 Å². The van der Waals surface area contributed by atoms with Gasteiger partial charge < -0.3 is 16.0 Å². The van der Waals surface area contributed by atoms with Crippen molar-refractivity contribution in [3.8, 4) is 0 Å². The van der Waals surface area contributed by atoms with Gasteiger partial charge in [0.15, 0.2) is 11.6 Å². The molecule has 1 aliphatic heterocycles. The number of rotatable bonds is 10. The van der Waals surface area contributed by atoms with E-state index in [2.05, 4.69) is 52.5 Å². The van der Waals surface area contributed by atoms with Crippen molar-refractivity contribution in [2.45, 2.75) is 52.6 Å². The van der Waals surface area contributed by atoms with Crippen LogP contribution in [0.4, 0.5) is 16.0 Å². The van der Waals surface area contributed by atoms with E-state index in [1.165, 1.54) is 17.5 Å². The molecule has 0 saturated heterocycles. The van der Waals surface area contributed by atoms with E-state index in [4.69, 9.17) is 5.73 Å². The number of nitrogens with zero attached hydrogens (tertiary/aromatic N) is 4. The molecule has 0 atom stereocenters. The van der Waals surface area contributed by atoms with E-state index < -0.39 is 5.82 Å². The minimum Gasteiger partial charge on any atom is -0.369 e. The van der Waals surface area contributed by atoms with E-state index in [-0.39, 0.29) is 24.3 Å². The van der Waals surface area contributed by atoms with Crippen LogP contribution in [0, 0.1) is 5.82 Å². The summed E-state index contributed by atoms with van der Waals surface area (Å²) >= 11 is 0. The van der Waals surface area contributed by atoms with Gasteiger partial charge in [-0.2, -0.15) is 4.39 Å². The first kappa shape index (κ1) is 24.6. The predicted octanol–water partition coefficient (Wildman–Crippen LogP) is 3.51. The third-order valence-electron chi connectivity index (χ3n) is 5.94. The number of primary amides is 1. The Labute approximate surface area is 195 Å². The zero-order valence-electron chi connectivity index (χ0n) is 19.9. The molecular weight excluding hydrogens is 419 g/mol. The number of nitrogens with two attached hydrogens (primary N) is 1. The van der Waals surface area contributed by atoms with Crippen molar-refractivity contribution in [3.63, 3.8) is 0 Å². The van der Waals surface area contributed by atoms with Crippen LogP contribution in [0.3, 0.4) is 0 Å². The summed E-state index contributed by atoms with van der Waals surface area (Å²) in [4.78, 5) is 23.6. The molecule has 3 rings (SSSR count). The average Bonchev–Trinajstić information content (AvgIpc) is 3.02. The monoisotopic (exact) mass is 454 g/mol. The quantitative estimate of drug-likeness (QED) is 0.534. The number of carbonyl (C=O) groups is 1. The molecule has 1 aromatic heterocycles. The number of nitrogens with one attached hydrogen (secondary N) is 1. The van der Waals surface area contributed by atoms with Gasteiger partial charge in [0.1, 0.15) is 6.33 Å². The van der Waals surface area contributed by atoms with Gasteiger partial charge in [-0.3, -0.25) is 9.69 Å². The number of carbonyl (C=O) groups excluding carboxylic acids is 1. The molecule has 1 aliphatic rings. The molecule has 0 saturated carbocycles. The van der Waals surface area contributed by atoms with Crippen LogP contribution < -0.4 is 16.0 Å². The van der Waals surface area contributed by atoms with E-state index >= 15 is 4.39 Å². The molecule has 7 nitrogen and oxygen atoms in total. The molecule has 1 amide bonds. The molecule has 2 heterocycles. The molecule has 2 aromatic rings. The van der Waals surface area contributed by atoms with Crippen LogP contribution in [0.15, 0.2) is 42.2 Å². The third kappa shape index (κ3) is 6.99. The molecule has 0 radical (unpaired) electrons. The summed E-state index contributed by atoms with van der Waals surface area (Å²) in [6.07, 6.45) is 6.18. The number of benzene rings is 1. The van der Waals surface area contributed by atoms with Crippen LogP contribution in [-0.4, -0.2) is 53.0 Å².